The summed E-state index contributed by atoms with van der Waals surface area (Å²) in [6.07, 6.45) is 12.1. The molecule has 4 rings (SSSR count). The van der Waals surface area contributed by atoms with Gasteiger partial charge in [-0.15, -0.1) is 17.1 Å². The maximum Gasteiger partial charge on any atom is 0.183 e. The first kappa shape index (κ1) is 27.9. The van der Waals surface area contributed by atoms with Gasteiger partial charge in [0, 0.05) is 27.3 Å². The second kappa shape index (κ2) is 14.1. The molecule has 0 N–H and O–H groups in total. The van der Waals surface area contributed by atoms with Gasteiger partial charge in [0.15, 0.2) is 6.30 Å². The SMILES string of the molecule is CN1CCCC1CCCCC=C=Cc1cc2cc(CP(C)N(CC=O)C(F)c3ccccc3)ccc2s1. The Bertz CT molecular complexity index is 1210. The van der Waals surface area contributed by atoms with Gasteiger partial charge < -0.3 is 9.69 Å². The van der Waals surface area contributed by atoms with Gasteiger partial charge in [-0.2, -0.15) is 0 Å². The Hall–Kier alpha value is -2.13. The number of carbonyl (C=O) groups is 1. The summed E-state index contributed by atoms with van der Waals surface area (Å²) in [5, 5.41) is 1.21. The van der Waals surface area contributed by atoms with Crippen molar-refractivity contribution in [1.29, 1.82) is 0 Å². The van der Waals surface area contributed by atoms with Gasteiger partial charge >= 0.3 is 0 Å². The molecule has 1 saturated heterocycles. The summed E-state index contributed by atoms with van der Waals surface area (Å²) in [6.45, 7) is 3.41. The topological polar surface area (TPSA) is 23.6 Å². The third kappa shape index (κ3) is 7.93. The molecule has 3 aromatic rings. The van der Waals surface area contributed by atoms with Gasteiger partial charge in [-0.1, -0.05) is 42.8 Å². The second-order valence-electron chi connectivity index (χ2n) is 9.95. The molecule has 3 nitrogen and oxygen atoms in total. The second-order valence-corrected chi connectivity index (χ2v) is 13.2. The van der Waals surface area contributed by atoms with E-state index in [9.17, 15) is 4.79 Å². The van der Waals surface area contributed by atoms with Crippen molar-refractivity contribution in [3.8, 4) is 0 Å². The minimum Gasteiger partial charge on any atom is -0.303 e. The quantitative estimate of drug-likeness (QED) is 0.0720. The summed E-state index contributed by atoms with van der Waals surface area (Å²) in [7, 11) is 1.40. The Morgan fingerprint density at radius 1 is 1.22 bits per heavy atom. The number of carbonyl (C=O) groups excluding carboxylic acids is 1. The molecule has 2 heterocycles. The Morgan fingerprint density at radius 2 is 2.05 bits per heavy atom. The molecule has 3 unspecified atom stereocenters. The van der Waals surface area contributed by atoms with Crippen LogP contribution in [0, 0.1) is 0 Å². The Kier molecular flexibility index (Phi) is 10.7. The van der Waals surface area contributed by atoms with E-state index in [0.717, 1.165) is 24.9 Å². The third-order valence-corrected chi connectivity index (χ3v) is 10.3. The van der Waals surface area contributed by atoms with Crippen LogP contribution in [0.5, 0.6) is 0 Å². The van der Waals surface area contributed by atoms with E-state index in [4.69, 9.17) is 0 Å². The average Bonchev–Trinajstić information content (AvgIpc) is 3.51. The molecule has 1 aromatic heterocycles. The van der Waals surface area contributed by atoms with E-state index in [0.29, 0.717) is 5.56 Å². The van der Waals surface area contributed by atoms with Gasteiger partial charge in [-0.25, -0.2) is 9.06 Å². The highest BCUT2D eigenvalue weighted by atomic mass is 32.1. The van der Waals surface area contributed by atoms with E-state index in [-0.39, 0.29) is 6.54 Å². The molecule has 0 aliphatic carbocycles. The highest BCUT2D eigenvalue weighted by molar-refractivity contribution is 7.53. The Labute approximate surface area is 226 Å². The lowest BCUT2D eigenvalue weighted by molar-refractivity contribution is -0.108. The number of likely N-dealkylation sites (tertiary alicyclic amines) is 1. The van der Waals surface area contributed by atoms with Gasteiger partial charge in [0.1, 0.15) is 6.29 Å². The van der Waals surface area contributed by atoms with Gasteiger partial charge in [0.2, 0.25) is 0 Å². The minimum absolute atomic E-state index is 0.0951. The van der Waals surface area contributed by atoms with Crippen LogP contribution in [0.2, 0.25) is 0 Å². The number of aldehydes is 1. The van der Waals surface area contributed by atoms with Crippen LogP contribution in [0.25, 0.3) is 16.2 Å². The van der Waals surface area contributed by atoms with Crippen molar-refractivity contribution in [2.24, 2.45) is 0 Å². The third-order valence-electron chi connectivity index (χ3n) is 7.20. The van der Waals surface area contributed by atoms with Crippen LogP contribution in [0.4, 0.5) is 4.39 Å². The molecule has 1 aliphatic heterocycles. The largest absolute Gasteiger partial charge is 0.303 e. The Balaban J connectivity index is 1.32. The number of allylic oxidation sites excluding steroid dienone is 1. The van der Waals surface area contributed by atoms with Crippen molar-refractivity contribution in [1.82, 2.24) is 9.57 Å². The molecule has 3 atom stereocenters. The number of rotatable bonds is 13. The number of hydrogen-bond acceptors (Lipinski definition) is 4. The summed E-state index contributed by atoms with van der Waals surface area (Å²) in [5.74, 6) is 0. The molecule has 6 heteroatoms. The van der Waals surface area contributed by atoms with Gasteiger partial charge in [0.25, 0.3) is 0 Å². The van der Waals surface area contributed by atoms with Crippen LogP contribution in [-0.2, 0) is 11.0 Å². The van der Waals surface area contributed by atoms with Crippen LogP contribution >= 0.6 is 19.4 Å². The predicted octanol–water partition coefficient (Wildman–Crippen LogP) is 8.42. The molecule has 1 aliphatic rings. The number of thiophene rings is 1. The monoisotopic (exact) mass is 536 g/mol. The Morgan fingerprint density at radius 3 is 2.81 bits per heavy atom. The molecule has 0 saturated carbocycles. The molecule has 0 radical (unpaired) electrons. The highest BCUT2D eigenvalue weighted by Crippen LogP contribution is 2.46. The zero-order chi connectivity index (χ0) is 26.0. The smallest absolute Gasteiger partial charge is 0.183 e. The van der Waals surface area contributed by atoms with Crippen LogP contribution in [0.3, 0.4) is 0 Å². The molecule has 2 aromatic carbocycles. The number of fused-ring (bicyclic) bond motifs is 1. The van der Waals surface area contributed by atoms with E-state index in [1.165, 1.54) is 59.2 Å². The van der Waals surface area contributed by atoms with Gasteiger partial charge in [0.05, 0.1) is 6.54 Å². The predicted molar refractivity (Wildman–Crippen MR) is 158 cm³/mol. The number of unbranched alkanes of at least 4 members (excludes halogenated alkanes) is 2. The number of halogens is 1. The molecule has 0 amide bonds. The van der Waals surface area contributed by atoms with Gasteiger partial charge in [-0.3, -0.25) is 0 Å². The maximum absolute atomic E-state index is 15.3. The standard InChI is InChI=1S/C31H38FN2OPS/c1-33-19-11-15-28(33)14-9-4-3-5-10-16-29-23-27-22-25(17-18-30(27)37-29)24-36(2)34(20-21-35)31(32)26-12-7-6-8-13-26/h5-8,12-13,16-18,21-23,28,31H,3-4,9,11,14-15,19-20,24H2,1-2H3. The number of nitrogens with zero attached hydrogens (tertiary/aromatic N) is 2. The van der Waals surface area contributed by atoms with Crippen LogP contribution in [0.15, 0.2) is 66.4 Å². The number of benzene rings is 2. The van der Waals surface area contributed by atoms with Crippen molar-refractivity contribution >= 4 is 41.9 Å². The summed E-state index contributed by atoms with van der Waals surface area (Å²) < 4.78 is 18.2. The van der Waals surface area contributed by atoms with Crippen LogP contribution in [-0.4, -0.2) is 48.7 Å². The lowest BCUT2D eigenvalue weighted by atomic mass is 10.1. The van der Waals surface area contributed by atoms with Crippen molar-refractivity contribution in [2.45, 2.75) is 57.0 Å². The van der Waals surface area contributed by atoms with E-state index in [2.05, 4.69) is 60.8 Å². The number of hydrogen-bond donors (Lipinski definition) is 0. The molecule has 1 fully saturated rings. The first-order chi connectivity index (χ1) is 18.0. The normalized spacial score (nSPS) is 17.6. The first-order valence-electron chi connectivity index (χ1n) is 13.3. The van der Waals surface area contributed by atoms with Gasteiger partial charge in [-0.05, 0) is 102 Å². The fourth-order valence-corrected chi connectivity index (χ4v) is 7.77. The van der Waals surface area contributed by atoms with Crippen molar-refractivity contribution in [3.05, 3.63) is 82.4 Å². The zero-order valence-electron chi connectivity index (χ0n) is 22.0. The number of alkyl halides is 1. The maximum atomic E-state index is 15.3. The fraction of sp³-hybridized carbons (Fsp3) is 0.419. The van der Waals surface area contributed by atoms with Crippen LogP contribution < -0.4 is 0 Å². The lowest BCUT2D eigenvalue weighted by Gasteiger charge is -2.30. The van der Waals surface area contributed by atoms with E-state index in [1.807, 2.05) is 18.2 Å². The molecule has 37 heavy (non-hydrogen) atoms. The van der Waals surface area contributed by atoms with E-state index in [1.54, 1.807) is 28.1 Å². The average molecular weight is 537 g/mol. The summed E-state index contributed by atoms with van der Waals surface area (Å²) in [6, 6.07) is 18.6. The summed E-state index contributed by atoms with van der Waals surface area (Å²) >= 11 is 1.77. The van der Waals surface area contributed by atoms with Crippen molar-refractivity contribution in [2.75, 3.05) is 26.8 Å². The molecule has 196 valence electrons. The fourth-order valence-electron chi connectivity index (χ4n) is 5.10. The zero-order valence-corrected chi connectivity index (χ0v) is 23.7. The minimum atomic E-state index is -1.28. The molecule has 0 bridgehead atoms. The van der Waals surface area contributed by atoms with E-state index >= 15 is 4.39 Å². The molecular formula is C31H38FN2OPS. The first-order valence-corrected chi connectivity index (χ1v) is 16.0. The van der Waals surface area contributed by atoms with Crippen molar-refractivity contribution in [3.63, 3.8) is 0 Å². The lowest BCUT2D eigenvalue weighted by Crippen LogP contribution is -2.24. The highest BCUT2D eigenvalue weighted by Gasteiger charge is 2.24. The van der Waals surface area contributed by atoms with Crippen molar-refractivity contribution < 1.29 is 9.18 Å². The molecular weight excluding hydrogens is 498 g/mol. The molecule has 0 spiro atoms. The van der Waals surface area contributed by atoms with Crippen LogP contribution in [0.1, 0.15) is 60.8 Å². The van der Waals surface area contributed by atoms with E-state index < -0.39 is 14.4 Å². The summed E-state index contributed by atoms with van der Waals surface area (Å²) in [5.41, 5.74) is 5.15. The summed E-state index contributed by atoms with van der Waals surface area (Å²) in [4.78, 5) is 15.0.